The Labute approximate surface area is 441 Å². The molecule has 0 rings (SSSR count). The summed E-state index contributed by atoms with van der Waals surface area (Å²) in [5, 5.41) is 9.81. The van der Waals surface area contributed by atoms with Crippen molar-refractivity contribution in [3.8, 4) is 0 Å². The van der Waals surface area contributed by atoms with E-state index in [4.69, 9.17) is 23.3 Å². The summed E-state index contributed by atoms with van der Waals surface area (Å²) in [6.45, 7) is 4.60. The van der Waals surface area contributed by atoms with Crippen LogP contribution in [-0.2, 0) is 42.2 Å². The van der Waals surface area contributed by atoms with Gasteiger partial charge in [-0.3, -0.25) is 23.4 Å². The molecule has 3 atom stereocenters. The average Bonchev–Trinajstić information content (AvgIpc) is 3.37. The first-order valence-corrected chi connectivity index (χ1v) is 31.0. The fraction of sp³-hybridized carbons (Fsp3) is 0.817. The first-order chi connectivity index (χ1) is 35.2. The third-order valence-electron chi connectivity index (χ3n) is 12.7. The van der Waals surface area contributed by atoms with Crippen molar-refractivity contribution in [3.63, 3.8) is 0 Å². The van der Waals surface area contributed by atoms with E-state index in [1.807, 2.05) is 0 Å². The SMILES string of the molecule is CCCCC/C=C\C/C=C\CCCCCCCCCC(=O)OC(COC(=O)CCCCCCC/C=C\CCCCCCCC)COP(=O)(O)OCC(CO)OC(=O)CCCCCCC/C=C\CCCCCC. The highest BCUT2D eigenvalue weighted by Crippen LogP contribution is 2.43. The lowest BCUT2D eigenvalue weighted by molar-refractivity contribution is -0.161. The molecule has 0 aromatic heterocycles. The Balaban J connectivity index is 4.74. The van der Waals surface area contributed by atoms with Crippen LogP contribution >= 0.6 is 7.82 Å². The average molecular weight is 1040 g/mol. The molecule has 3 unspecified atom stereocenters. The molecule has 11 nitrogen and oxygen atoms in total. The normalized spacial score (nSPS) is 13.7. The summed E-state index contributed by atoms with van der Waals surface area (Å²) in [5.74, 6) is -1.48. The summed E-state index contributed by atoms with van der Waals surface area (Å²) in [4.78, 5) is 48.5. The maximum Gasteiger partial charge on any atom is 0.472 e. The van der Waals surface area contributed by atoms with Gasteiger partial charge in [-0.1, -0.05) is 204 Å². The van der Waals surface area contributed by atoms with E-state index < -0.39 is 57.8 Å². The van der Waals surface area contributed by atoms with Crippen molar-refractivity contribution in [2.45, 2.75) is 290 Å². The molecule has 0 amide bonds. The molecule has 0 saturated heterocycles. The van der Waals surface area contributed by atoms with Crippen LogP contribution in [0, 0.1) is 0 Å². The number of phosphoric ester groups is 1. The van der Waals surface area contributed by atoms with E-state index in [0.717, 1.165) is 116 Å². The van der Waals surface area contributed by atoms with Crippen LogP contribution in [0.2, 0.25) is 0 Å². The molecule has 0 aromatic rings. The summed E-state index contributed by atoms with van der Waals surface area (Å²) in [6.07, 6.45) is 57.7. The van der Waals surface area contributed by atoms with Gasteiger partial charge in [-0.2, -0.15) is 0 Å². The van der Waals surface area contributed by atoms with Gasteiger partial charge >= 0.3 is 25.7 Å². The molecule has 0 aliphatic carbocycles. The molecule has 0 saturated carbocycles. The maximum absolute atomic E-state index is 12.9. The Bertz CT molecular complexity index is 1400. The lowest BCUT2D eigenvalue weighted by Crippen LogP contribution is -2.30. The van der Waals surface area contributed by atoms with E-state index in [-0.39, 0.29) is 25.9 Å². The zero-order valence-corrected chi connectivity index (χ0v) is 47.3. The molecule has 0 bridgehead atoms. The van der Waals surface area contributed by atoms with Crippen LogP contribution in [-0.4, -0.2) is 66.5 Å². The number of rotatable bonds is 55. The van der Waals surface area contributed by atoms with E-state index >= 15 is 0 Å². The van der Waals surface area contributed by atoms with Gasteiger partial charge in [0.15, 0.2) is 6.10 Å². The highest BCUT2D eigenvalue weighted by Gasteiger charge is 2.28. The van der Waals surface area contributed by atoms with E-state index in [0.29, 0.717) is 19.3 Å². The molecule has 72 heavy (non-hydrogen) atoms. The molecule has 2 N–H and O–H groups in total. The molecule has 12 heteroatoms. The third kappa shape index (κ3) is 52.3. The second kappa shape index (κ2) is 54.7. The number of allylic oxidation sites excluding steroid dienone is 8. The van der Waals surface area contributed by atoms with E-state index in [1.165, 1.54) is 103 Å². The van der Waals surface area contributed by atoms with Crippen LogP contribution in [0.5, 0.6) is 0 Å². The van der Waals surface area contributed by atoms with Gasteiger partial charge < -0.3 is 24.2 Å². The number of ether oxygens (including phenoxy) is 3. The summed E-state index contributed by atoms with van der Waals surface area (Å²) < 4.78 is 39.5. The van der Waals surface area contributed by atoms with Crippen LogP contribution < -0.4 is 0 Å². The Morgan fingerprint density at radius 1 is 0.389 bits per heavy atom. The number of esters is 3. The first-order valence-electron chi connectivity index (χ1n) is 29.5. The second-order valence-electron chi connectivity index (χ2n) is 19.8. The van der Waals surface area contributed by atoms with Gasteiger partial charge in [-0.05, 0) is 103 Å². The third-order valence-corrected chi connectivity index (χ3v) is 13.6. The van der Waals surface area contributed by atoms with Crippen LogP contribution in [0.4, 0.5) is 0 Å². The maximum atomic E-state index is 12.9. The summed E-state index contributed by atoms with van der Waals surface area (Å²) in [6, 6.07) is 0. The topological polar surface area (TPSA) is 155 Å². The lowest BCUT2D eigenvalue weighted by Gasteiger charge is -2.21. The monoisotopic (exact) mass is 1040 g/mol. The zero-order chi connectivity index (χ0) is 52.7. The molecule has 0 aliphatic rings. The number of unbranched alkanes of at least 4 members (excludes halogenated alkanes) is 30. The van der Waals surface area contributed by atoms with Crippen molar-refractivity contribution in [3.05, 3.63) is 48.6 Å². The number of phosphoric acid groups is 1. The molecule has 0 radical (unpaired) electrons. The molecule has 0 aromatic carbocycles. The van der Waals surface area contributed by atoms with Crippen LogP contribution in [0.15, 0.2) is 48.6 Å². The van der Waals surface area contributed by atoms with Crippen molar-refractivity contribution >= 4 is 25.7 Å². The Kier molecular flexibility index (Phi) is 52.7. The summed E-state index contributed by atoms with van der Waals surface area (Å²) in [5.41, 5.74) is 0. The minimum absolute atomic E-state index is 0.158. The predicted molar refractivity (Wildman–Crippen MR) is 298 cm³/mol. The summed E-state index contributed by atoms with van der Waals surface area (Å²) >= 11 is 0. The van der Waals surface area contributed by atoms with Crippen LogP contribution in [0.1, 0.15) is 278 Å². The van der Waals surface area contributed by atoms with Crippen molar-refractivity contribution in [1.29, 1.82) is 0 Å². The minimum Gasteiger partial charge on any atom is -0.462 e. The number of hydrogen-bond donors (Lipinski definition) is 2. The Morgan fingerprint density at radius 3 is 1.08 bits per heavy atom. The van der Waals surface area contributed by atoms with Crippen LogP contribution in [0.25, 0.3) is 0 Å². The zero-order valence-electron chi connectivity index (χ0n) is 46.4. The first kappa shape index (κ1) is 69.4. The fourth-order valence-corrected chi connectivity index (χ4v) is 8.92. The van der Waals surface area contributed by atoms with Gasteiger partial charge in [0.05, 0.1) is 19.8 Å². The van der Waals surface area contributed by atoms with Crippen molar-refractivity contribution in [2.24, 2.45) is 0 Å². The molecular formula is C60H109O11P. The van der Waals surface area contributed by atoms with Gasteiger partial charge in [-0.25, -0.2) is 4.57 Å². The predicted octanol–water partition coefficient (Wildman–Crippen LogP) is 17.4. The van der Waals surface area contributed by atoms with Gasteiger partial charge in [0.2, 0.25) is 0 Å². The number of aliphatic hydroxyl groups is 1. The quantitative estimate of drug-likeness (QED) is 0.0197. The van der Waals surface area contributed by atoms with Crippen molar-refractivity contribution in [1.82, 2.24) is 0 Å². The summed E-state index contributed by atoms with van der Waals surface area (Å²) in [7, 11) is -4.75. The number of aliphatic hydroxyl groups excluding tert-OH is 1. The fourth-order valence-electron chi connectivity index (χ4n) is 8.14. The van der Waals surface area contributed by atoms with Crippen molar-refractivity contribution < 1.29 is 52.2 Å². The lowest BCUT2D eigenvalue weighted by atomic mass is 10.1. The smallest absolute Gasteiger partial charge is 0.462 e. The van der Waals surface area contributed by atoms with Gasteiger partial charge in [-0.15, -0.1) is 0 Å². The minimum atomic E-state index is -4.75. The standard InChI is InChI=1S/C60H109O11P/c1-4-7-10-13-16-19-22-25-27-28-30-33-36-39-42-45-48-51-60(64)71-57(53-67-58(62)49-46-43-40-37-34-32-29-26-23-20-17-14-11-8-5-2)55-69-72(65,66)68-54-56(52-61)70-59(63)50-47-44-41-38-35-31-24-21-18-15-12-9-6-3/h16,19,21,24-27,29,56-57,61H,4-15,17-18,20,22-23,28,30-55H2,1-3H3,(H,65,66)/b19-16-,24-21-,27-25-,29-26-. The second-order valence-corrected chi connectivity index (χ2v) is 21.3. The Hall–Kier alpha value is -2.56. The van der Waals surface area contributed by atoms with E-state index in [2.05, 4.69) is 69.4 Å². The molecule has 0 heterocycles. The van der Waals surface area contributed by atoms with Crippen LogP contribution in [0.3, 0.4) is 0 Å². The molecule has 420 valence electrons. The largest absolute Gasteiger partial charge is 0.472 e. The highest BCUT2D eigenvalue weighted by atomic mass is 31.2. The molecule has 0 fully saturated rings. The molecule has 0 aliphatic heterocycles. The van der Waals surface area contributed by atoms with Crippen molar-refractivity contribution in [2.75, 3.05) is 26.4 Å². The molecule has 0 spiro atoms. The number of carbonyl (C=O) groups is 3. The molecular weight excluding hydrogens is 928 g/mol. The van der Waals surface area contributed by atoms with Gasteiger partial charge in [0, 0.05) is 19.3 Å². The number of hydrogen-bond acceptors (Lipinski definition) is 10. The van der Waals surface area contributed by atoms with Gasteiger partial charge in [0.25, 0.3) is 0 Å². The van der Waals surface area contributed by atoms with Gasteiger partial charge in [0.1, 0.15) is 12.7 Å². The number of carbonyl (C=O) groups excluding carboxylic acids is 3. The Morgan fingerprint density at radius 2 is 0.681 bits per heavy atom. The highest BCUT2D eigenvalue weighted by molar-refractivity contribution is 7.47. The van der Waals surface area contributed by atoms with E-state index in [9.17, 15) is 28.9 Å². The van der Waals surface area contributed by atoms with E-state index in [1.54, 1.807) is 0 Å².